The van der Waals surface area contributed by atoms with Crippen molar-refractivity contribution in [2.24, 2.45) is 0 Å². The van der Waals surface area contributed by atoms with E-state index in [1.165, 1.54) is 12.1 Å². The average molecular weight is 223 g/mol. The van der Waals surface area contributed by atoms with Gasteiger partial charge in [-0.05, 0) is 25.1 Å². The molecule has 0 spiro atoms. The highest BCUT2D eigenvalue weighted by molar-refractivity contribution is 5.87. The van der Waals surface area contributed by atoms with Crippen molar-refractivity contribution in [2.75, 3.05) is 13.2 Å². The number of benzene rings is 1. The lowest BCUT2D eigenvalue weighted by Crippen LogP contribution is -2.26. The van der Waals surface area contributed by atoms with Gasteiger partial charge in [-0.2, -0.15) is 0 Å². The predicted octanol–water partition coefficient (Wildman–Crippen LogP) is 1.90. The fraction of sp³-hybridized carbons (Fsp3) is 0.250. The molecule has 0 heterocycles. The molecule has 1 rings (SSSR count). The third-order valence-electron chi connectivity index (χ3n) is 1.81. The van der Waals surface area contributed by atoms with Gasteiger partial charge in [-0.1, -0.05) is 18.2 Å². The number of carbonyl (C=O) groups is 1. The maximum Gasteiger partial charge on any atom is 0.243 e. The van der Waals surface area contributed by atoms with E-state index in [2.05, 4.69) is 5.32 Å². The van der Waals surface area contributed by atoms with Crippen LogP contribution in [0.5, 0.6) is 5.75 Å². The summed E-state index contributed by atoms with van der Waals surface area (Å²) in [6.45, 7) is 2.34. The second-order valence-corrected chi connectivity index (χ2v) is 3.07. The number of para-hydroxylation sites is 1. The fourth-order valence-electron chi connectivity index (χ4n) is 1.11. The Morgan fingerprint density at radius 1 is 1.50 bits per heavy atom. The SMILES string of the molecule is C/C=C/C(=O)NCCOc1ccccc1F. The normalized spacial score (nSPS) is 10.4. The van der Waals surface area contributed by atoms with Crippen molar-refractivity contribution >= 4 is 5.91 Å². The number of amides is 1. The van der Waals surface area contributed by atoms with Gasteiger partial charge in [-0.25, -0.2) is 4.39 Å². The van der Waals surface area contributed by atoms with Gasteiger partial charge >= 0.3 is 0 Å². The minimum absolute atomic E-state index is 0.181. The van der Waals surface area contributed by atoms with Gasteiger partial charge in [0, 0.05) is 0 Å². The Balaban J connectivity index is 2.26. The molecule has 4 heteroatoms. The van der Waals surface area contributed by atoms with Crippen molar-refractivity contribution in [1.82, 2.24) is 5.32 Å². The first-order valence-electron chi connectivity index (χ1n) is 5.02. The fourth-order valence-corrected chi connectivity index (χ4v) is 1.11. The van der Waals surface area contributed by atoms with Crippen molar-refractivity contribution in [3.8, 4) is 5.75 Å². The summed E-state index contributed by atoms with van der Waals surface area (Å²) in [5.74, 6) is -0.385. The van der Waals surface area contributed by atoms with E-state index in [4.69, 9.17) is 4.74 Å². The zero-order chi connectivity index (χ0) is 11.8. The molecule has 0 aliphatic carbocycles. The molecule has 16 heavy (non-hydrogen) atoms. The maximum absolute atomic E-state index is 13.1. The zero-order valence-corrected chi connectivity index (χ0v) is 9.07. The van der Waals surface area contributed by atoms with Gasteiger partial charge in [-0.15, -0.1) is 0 Å². The van der Waals surface area contributed by atoms with Gasteiger partial charge in [0.1, 0.15) is 6.61 Å². The van der Waals surface area contributed by atoms with E-state index in [0.717, 1.165) is 0 Å². The van der Waals surface area contributed by atoms with Crippen LogP contribution in [0, 0.1) is 5.82 Å². The minimum Gasteiger partial charge on any atom is -0.489 e. The van der Waals surface area contributed by atoms with Crippen LogP contribution in [-0.4, -0.2) is 19.1 Å². The first-order valence-corrected chi connectivity index (χ1v) is 5.02. The molecule has 0 fully saturated rings. The summed E-state index contributed by atoms with van der Waals surface area (Å²) < 4.78 is 18.2. The quantitative estimate of drug-likeness (QED) is 0.611. The highest BCUT2D eigenvalue weighted by Crippen LogP contribution is 2.14. The van der Waals surface area contributed by atoms with E-state index in [1.54, 1.807) is 31.2 Å². The molecule has 0 unspecified atom stereocenters. The molecule has 0 saturated carbocycles. The summed E-state index contributed by atoms with van der Waals surface area (Å²) >= 11 is 0. The molecule has 1 amide bonds. The summed E-state index contributed by atoms with van der Waals surface area (Å²) in [5, 5.41) is 2.60. The molecule has 0 atom stereocenters. The van der Waals surface area contributed by atoms with Crippen molar-refractivity contribution in [3.63, 3.8) is 0 Å². The zero-order valence-electron chi connectivity index (χ0n) is 9.07. The second kappa shape index (κ2) is 6.61. The standard InChI is InChI=1S/C12H14FNO2/c1-2-5-12(15)14-8-9-16-11-7-4-3-6-10(11)13/h2-7H,8-9H2,1H3,(H,14,15)/b5-2+. The van der Waals surface area contributed by atoms with Gasteiger partial charge in [0.25, 0.3) is 0 Å². The summed E-state index contributed by atoms with van der Waals surface area (Å²) in [6.07, 6.45) is 3.07. The van der Waals surface area contributed by atoms with Crippen molar-refractivity contribution < 1.29 is 13.9 Å². The summed E-state index contributed by atoms with van der Waals surface area (Å²) in [6, 6.07) is 6.16. The maximum atomic E-state index is 13.1. The van der Waals surface area contributed by atoms with Crippen LogP contribution in [-0.2, 0) is 4.79 Å². The van der Waals surface area contributed by atoms with Crippen LogP contribution in [0.1, 0.15) is 6.92 Å². The Morgan fingerprint density at radius 3 is 2.94 bits per heavy atom. The predicted molar refractivity (Wildman–Crippen MR) is 59.7 cm³/mol. The smallest absolute Gasteiger partial charge is 0.243 e. The molecule has 1 aromatic rings. The number of nitrogens with one attached hydrogen (secondary N) is 1. The van der Waals surface area contributed by atoms with E-state index in [-0.39, 0.29) is 18.3 Å². The largest absolute Gasteiger partial charge is 0.489 e. The van der Waals surface area contributed by atoms with Crippen LogP contribution in [0.3, 0.4) is 0 Å². The second-order valence-electron chi connectivity index (χ2n) is 3.07. The topological polar surface area (TPSA) is 38.3 Å². The van der Waals surface area contributed by atoms with Crippen LogP contribution in [0.15, 0.2) is 36.4 Å². The van der Waals surface area contributed by atoms with Crippen LogP contribution in [0.2, 0.25) is 0 Å². The molecule has 0 aliphatic heterocycles. The first-order chi connectivity index (χ1) is 7.74. The number of rotatable bonds is 5. The number of hydrogen-bond donors (Lipinski definition) is 1. The monoisotopic (exact) mass is 223 g/mol. The lowest BCUT2D eigenvalue weighted by Gasteiger charge is -2.06. The third kappa shape index (κ3) is 4.13. The summed E-state index contributed by atoms with van der Waals surface area (Å²) in [4.78, 5) is 11.0. The first kappa shape index (κ1) is 12.2. The number of carbonyl (C=O) groups excluding carboxylic acids is 1. The highest BCUT2D eigenvalue weighted by Gasteiger charge is 2.00. The molecule has 0 radical (unpaired) electrons. The Hall–Kier alpha value is -1.84. The van der Waals surface area contributed by atoms with E-state index < -0.39 is 5.82 Å². The molecule has 86 valence electrons. The third-order valence-corrected chi connectivity index (χ3v) is 1.81. The Bertz CT molecular complexity index is 377. The molecule has 0 aromatic heterocycles. The average Bonchev–Trinajstić information content (AvgIpc) is 2.27. The van der Waals surface area contributed by atoms with E-state index >= 15 is 0 Å². The van der Waals surface area contributed by atoms with Gasteiger partial charge in [0.2, 0.25) is 5.91 Å². The Morgan fingerprint density at radius 2 is 2.25 bits per heavy atom. The summed E-state index contributed by atoms with van der Waals surface area (Å²) in [7, 11) is 0. The number of ether oxygens (including phenoxy) is 1. The molecule has 3 nitrogen and oxygen atoms in total. The van der Waals surface area contributed by atoms with Crippen LogP contribution in [0.4, 0.5) is 4.39 Å². The molecule has 0 aliphatic rings. The molecular formula is C12H14FNO2. The molecule has 1 aromatic carbocycles. The minimum atomic E-state index is -0.401. The van der Waals surface area contributed by atoms with Gasteiger partial charge in [0.05, 0.1) is 6.54 Å². The lowest BCUT2D eigenvalue weighted by atomic mass is 10.3. The van der Waals surface area contributed by atoms with Crippen molar-refractivity contribution in [3.05, 3.63) is 42.2 Å². The van der Waals surface area contributed by atoms with Gasteiger partial charge < -0.3 is 10.1 Å². The van der Waals surface area contributed by atoms with E-state index in [1.807, 2.05) is 0 Å². The van der Waals surface area contributed by atoms with Gasteiger partial charge in [-0.3, -0.25) is 4.79 Å². The van der Waals surface area contributed by atoms with Crippen LogP contribution in [0.25, 0.3) is 0 Å². The van der Waals surface area contributed by atoms with Crippen molar-refractivity contribution in [1.29, 1.82) is 0 Å². The molecule has 0 bridgehead atoms. The molecule has 1 N–H and O–H groups in total. The van der Waals surface area contributed by atoms with Crippen LogP contribution >= 0.6 is 0 Å². The Kier molecular flexibility index (Phi) is 5.05. The molecule has 0 saturated heterocycles. The lowest BCUT2D eigenvalue weighted by molar-refractivity contribution is -0.116. The summed E-state index contributed by atoms with van der Waals surface area (Å²) in [5.41, 5.74) is 0. The number of allylic oxidation sites excluding steroid dienone is 1. The highest BCUT2D eigenvalue weighted by atomic mass is 19.1. The van der Waals surface area contributed by atoms with Crippen LogP contribution < -0.4 is 10.1 Å². The van der Waals surface area contributed by atoms with Crippen molar-refractivity contribution in [2.45, 2.75) is 6.92 Å². The van der Waals surface area contributed by atoms with Gasteiger partial charge in [0.15, 0.2) is 11.6 Å². The Labute approximate surface area is 93.9 Å². The number of halogens is 1. The molecular weight excluding hydrogens is 209 g/mol. The number of hydrogen-bond acceptors (Lipinski definition) is 2. The van der Waals surface area contributed by atoms with E-state index in [0.29, 0.717) is 6.54 Å². The van der Waals surface area contributed by atoms with E-state index in [9.17, 15) is 9.18 Å².